The Morgan fingerprint density at radius 3 is 2.48 bits per heavy atom. The van der Waals surface area contributed by atoms with E-state index in [2.05, 4.69) is 56.6 Å². The number of halogens is 1. The summed E-state index contributed by atoms with van der Waals surface area (Å²) in [4.78, 5) is 15.8. The van der Waals surface area contributed by atoms with Crippen LogP contribution in [0.15, 0.2) is 28.9 Å². The number of hydrogen-bond donors (Lipinski definition) is 0. The molecule has 112 valence electrons. The average Bonchev–Trinajstić information content (AvgIpc) is 2.37. The number of pyridine rings is 1. The number of nitrogens with zero attached hydrogens (tertiary/aromatic N) is 4. The third kappa shape index (κ3) is 4.24. The quantitative estimate of drug-likeness (QED) is 0.789. The van der Waals surface area contributed by atoms with E-state index in [9.17, 15) is 0 Å². The lowest BCUT2D eigenvalue weighted by Gasteiger charge is -2.22. The van der Waals surface area contributed by atoms with Crippen molar-refractivity contribution in [2.24, 2.45) is 0 Å². The first-order valence-electron chi connectivity index (χ1n) is 6.94. The zero-order valence-corrected chi connectivity index (χ0v) is 14.8. The maximum atomic E-state index is 4.68. The van der Waals surface area contributed by atoms with Gasteiger partial charge in [-0.05, 0) is 35.0 Å². The Kier molecular flexibility index (Phi) is 4.61. The minimum atomic E-state index is -0.0824. The van der Waals surface area contributed by atoms with Gasteiger partial charge in [-0.3, -0.25) is 4.98 Å². The molecule has 4 nitrogen and oxygen atoms in total. The number of rotatable bonds is 3. The maximum absolute atomic E-state index is 4.68. The van der Waals surface area contributed by atoms with E-state index >= 15 is 0 Å². The summed E-state index contributed by atoms with van der Waals surface area (Å²) < 4.78 is 0.807. The van der Waals surface area contributed by atoms with Crippen LogP contribution in [0.1, 0.15) is 38.0 Å². The SMILES string of the molecule is Cc1cccc(CN(C)c2cc(Br)nc(C(C)(C)C)n2)n1. The molecule has 0 atom stereocenters. The minimum Gasteiger partial charge on any atom is -0.354 e. The molecule has 2 heterocycles. The topological polar surface area (TPSA) is 41.9 Å². The van der Waals surface area contributed by atoms with Crippen molar-refractivity contribution in [1.29, 1.82) is 0 Å². The van der Waals surface area contributed by atoms with Crippen LogP contribution in [0, 0.1) is 6.92 Å². The van der Waals surface area contributed by atoms with Crippen LogP contribution in [0.2, 0.25) is 0 Å². The van der Waals surface area contributed by atoms with Gasteiger partial charge in [-0.25, -0.2) is 9.97 Å². The van der Waals surface area contributed by atoms with Crippen LogP contribution >= 0.6 is 15.9 Å². The Labute approximate surface area is 134 Å². The summed E-state index contributed by atoms with van der Waals surface area (Å²) in [5, 5.41) is 0. The molecule has 21 heavy (non-hydrogen) atoms. The highest BCUT2D eigenvalue weighted by Gasteiger charge is 2.19. The van der Waals surface area contributed by atoms with Gasteiger partial charge < -0.3 is 4.90 Å². The first-order chi connectivity index (χ1) is 9.75. The summed E-state index contributed by atoms with van der Waals surface area (Å²) >= 11 is 3.48. The van der Waals surface area contributed by atoms with Crippen molar-refractivity contribution in [3.05, 3.63) is 46.1 Å². The van der Waals surface area contributed by atoms with E-state index in [1.54, 1.807) is 0 Å². The van der Waals surface area contributed by atoms with Crippen LogP contribution in [-0.4, -0.2) is 22.0 Å². The van der Waals surface area contributed by atoms with Gasteiger partial charge in [-0.2, -0.15) is 0 Å². The molecule has 0 amide bonds. The highest BCUT2D eigenvalue weighted by molar-refractivity contribution is 9.10. The van der Waals surface area contributed by atoms with Gasteiger partial charge in [-0.1, -0.05) is 26.8 Å². The van der Waals surface area contributed by atoms with Crippen molar-refractivity contribution < 1.29 is 0 Å². The van der Waals surface area contributed by atoms with Crippen molar-refractivity contribution >= 4 is 21.7 Å². The lowest BCUT2D eigenvalue weighted by Crippen LogP contribution is -2.22. The standard InChI is InChI=1S/C16H21BrN4/c1-11-7-6-8-12(18-11)10-21(5)14-9-13(17)19-15(20-14)16(2,3)4/h6-9H,10H2,1-5H3. The van der Waals surface area contributed by atoms with Crippen LogP contribution in [0.25, 0.3) is 0 Å². The average molecular weight is 349 g/mol. The molecular formula is C16H21BrN4. The van der Waals surface area contributed by atoms with Crippen molar-refractivity contribution in [2.45, 2.75) is 39.7 Å². The van der Waals surface area contributed by atoms with E-state index < -0.39 is 0 Å². The summed E-state index contributed by atoms with van der Waals surface area (Å²) in [6, 6.07) is 8.00. The predicted octanol–water partition coefficient (Wildman–Crippen LogP) is 3.88. The monoisotopic (exact) mass is 348 g/mol. The molecule has 0 fully saturated rings. The Balaban J connectivity index is 2.27. The maximum Gasteiger partial charge on any atom is 0.137 e. The Bertz CT molecular complexity index is 634. The Hall–Kier alpha value is -1.49. The first kappa shape index (κ1) is 15.9. The number of aryl methyl sites for hydroxylation is 1. The van der Waals surface area contributed by atoms with Gasteiger partial charge in [0.2, 0.25) is 0 Å². The van der Waals surface area contributed by atoms with Gasteiger partial charge in [-0.15, -0.1) is 0 Å². The fraction of sp³-hybridized carbons (Fsp3) is 0.438. The van der Waals surface area contributed by atoms with Gasteiger partial charge in [0.15, 0.2) is 0 Å². The summed E-state index contributed by atoms with van der Waals surface area (Å²) in [7, 11) is 2.02. The summed E-state index contributed by atoms with van der Waals surface area (Å²) in [6.45, 7) is 9.05. The molecule has 0 saturated carbocycles. The largest absolute Gasteiger partial charge is 0.354 e. The molecule has 0 unspecified atom stereocenters. The fourth-order valence-corrected chi connectivity index (χ4v) is 2.32. The van der Waals surface area contributed by atoms with E-state index in [0.29, 0.717) is 6.54 Å². The molecule has 0 radical (unpaired) electrons. The molecule has 2 aromatic rings. The minimum absolute atomic E-state index is 0.0824. The van der Waals surface area contributed by atoms with E-state index in [-0.39, 0.29) is 5.41 Å². The van der Waals surface area contributed by atoms with Crippen LogP contribution in [0.4, 0.5) is 5.82 Å². The van der Waals surface area contributed by atoms with Gasteiger partial charge in [0, 0.05) is 24.2 Å². The Morgan fingerprint density at radius 1 is 1.14 bits per heavy atom. The molecule has 0 aliphatic carbocycles. The first-order valence-corrected chi connectivity index (χ1v) is 7.74. The third-order valence-electron chi connectivity index (χ3n) is 3.09. The summed E-state index contributed by atoms with van der Waals surface area (Å²) in [5.41, 5.74) is 1.98. The van der Waals surface area contributed by atoms with Crippen LogP contribution in [0.5, 0.6) is 0 Å². The molecule has 0 aliphatic rings. The van der Waals surface area contributed by atoms with Gasteiger partial charge in [0.1, 0.15) is 16.2 Å². The van der Waals surface area contributed by atoms with Crippen molar-refractivity contribution in [2.75, 3.05) is 11.9 Å². The van der Waals surface area contributed by atoms with Crippen molar-refractivity contribution in [3.63, 3.8) is 0 Å². The van der Waals surface area contributed by atoms with E-state index in [0.717, 1.165) is 27.6 Å². The summed E-state index contributed by atoms with van der Waals surface area (Å²) in [5.74, 6) is 1.72. The lowest BCUT2D eigenvalue weighted by atomic mass is 9.96. The molecule has 0 saturated heterocycles. The predicted molar refractivity (Wildman–Crippen MR) is 89.5 cm³/mol. The van der Waals surface area contributed by atoms with E-state index in [4.69, 9.17) is 0 Å². The van der Waals surface area contributed by atoms with E-state index in [1.807, 2.05) is 38.2 Å². The highest BCUT2D eigenvalue weighted by atomic mass is 79.9. The summed E-state index contributed by atoms with van der Waals surface area (Å²) in [6.07, 6.45) is 0. The van der Waals surface area contributed by atoms with Gasteiger partial charge in [0.05, 0.1) is 12.2 Å². The number of hydrogen-bond acceptors (Lipinski definition) is 4. The molecule has 2 rings (SSSR count). The molecule has 0 spiro atoms. The number of aromatic nitrogens is 3. The normalized spacial score (nSPS) is 11.5. The zero-order chi connectivity index (χ0) is 15.6. The molecule has 2 aromatic heterocycles. The number of anilines is 1. The van der Waals surface area contributed by atoms with Crippen LogP contribution in [-0.2, 0) is 12.0 Å². The second kappa shape index (κ2) is 6.10. The molecule has 0 aliphatic heterocycles. The fourth-order valence-electron chi connectivity index (χ4n) is 1.95. The molecule has 0 bridgehead atoms. The molecular weight excluding hydrogens is 328 g/mol. The zero-order valence-electron chi connectivity index (χ0n) is 13.2. The van der Waals surface area contributed by atoms with Crippen molar-refractivity contribution in [3.8, 4) is 0 Å². The van der Waals surface area contributed by atoms with Gasteiger partial charge >= 0.3 is 0 Å². The highest BCUT2D eigenvalue weighted by Crippen LogP contribution is 2.24. The molecule has 0 N–H and O–H groups in total. The smallest absolute Gasteiger partial charge is 0.137 e. The van der Waals surface area contributed by atoms with Crippen LogP contribution in [0.3, 0.4) is 0 Å². The second-order valence-electron chi connectivity index (χ2n) is 6.25. The van der Waals surface area contributed by atoms with Crippen LogP contribution < -0.4 is 4.90 Å². The third-order valence-corrected chi connectivity index (χ3v) is 3.49. The van der Waals surface area contributed by atoms with Gasteiger partial charge in [0.25, 0.3) is 0 Å². The van der Waals surface area contributed by atoms with E-state index in [1.165, 1.54) is 0 Å². The molecule has 5 heteroatoms. The van der Waals surface area contributed by atoms with Crippen molar-refractivity contribution in [1.82, 2.24) is 15.0 Å². The lowest BCUT2D eigenvalue weighted by molar-refractivity contribution is 0.542. The Morgan fingerprint density at radius 2 is 1.86 bits per heavy atom. The second-order valence-corrected chi connectivity index (χ2v) is 7.06. The molecule has 0 aromatic carbocycles.